The Morgan fingerprint density at radius 3 is 1.96 bits per heavy atom. The topological polar surface area (TPSA) is 92.8 Å². The summed E-state index contributed by atoms with van der Waals surface area (Å²) in [7, 11) is -7.39. The average Bonchev–Trinajstić information content (AvgIpc) is 2.62. The number of hydrogen-bond acceptors (Lipinski definition) is 5. The van der Waals surface area contributed by atoms with E-state index < -0.39 is 20.0 Å². The van der Waals surface area contributed by atoms with E-state index in [4.69, 9.17) is 4.74 Å². The molecule has 1 aliphatic heterocycles. The van der Waals surface area contributed by atoms with Gasteiger partial charge in [0.25, 0.3) is 10.0 Å². The van der Waals surface area contributed by atoms with Gasteiger partial charge >= 0.3 is 0 Å². The first-order valence-electron chi connectivity index (χ1n) is 8.52. The second-order valence-electron chi connectivity index (χ2n) is 6.52. The minimum atomic E-state index is -3.72. The van der Waals surface area contributed by atoms with Gasteiger partial charge in [-0.2, -0.15) is 4.31 Å². The maximum atomic E-state index is 12.8. The van der Waals surface area contributed by atoms with Crippen LogP contribution in [0.1, 0.15) is 13.8 Å². The molecule has 2 atom stereocenters. The number of rotatable bonds is 5. The highest BCUT2D eigenvalue weighted by Crippen LogP contribution is 2.23. The van der Waals surface area contributed by atoms with Crippen molar-refractivity contribution in [1.29, 1.82) is 0 Å². The fourth-order valence-corrected chi connectivity index (χ4v) is 5.65. The van der Waals surface area contributed by atoms with Crippen molar-refractivity contribution in [1.82, 2.24) is 4.31 Å². The zero-order chi connectivity index (χ0) is 19.7. The molecule has 27 heavy (non-hydrogen) atoms. The van der Waals surface area contributed by atoms with Crippen molar-refractivity contribution < 1.29 is 21.6 Å². The molecule has 3 rings (SSSR count). The van der Waals surface area contributed by atoms with Crippen LogP contribution in [0.25, 0.3) is 0 Å². The fraction of sp³-hybridized carbons (Fsp3) is 0.333. The molecule has 1 saturated heterocycles. The average molecular weight is 411 g/mol. The predicted molar refractivity (Wildman–Crippen MR) is 102 cm³/mol. The first-order chi connectivity index (χ1) is 12.7. The molecular weight excluding hydrogens is 388 g/mol. The maximum Gasteiger partial charge on any atom is 0.261 e. The lowest BCUT2D eigenvalue weighted by Crippen LogP contribution is -2.48. The Bertz CT molecular complexity index is 980. The van der Waals surface area contributed by atoms with Crippen molar-refractivity contribution in [3.05, 3.63) is 54.6 Å². The number of nitrogens with zero attached hydrogens (tertiary/aromatic N) is 1. The summed E-state index contributed by atoms with van der Waals surface area (Å²) in [5.74, 6) is 0. The van der Waals surface area contributed by atoms with Gasteiger partial charge in [-0.3, -0.25) is 4.72 Å². The van der Waals surface area contributed by atoms with Gasteiger partial charge in [0.05, 0.1) is 22.0 Å². The van der Waals surface area contributed by atoms with Crippen LogP contribution in [-0.2, 0) is 24.8 Å². The third-order valence-electron chi connectivity index (χ3n) is 4.18. The van der Waals surface area contributed by atoms with E-state index in [1.54, 1.807) is 18.2 Å². The molecule has 0 radical (unpaired) electrons. The molecule has 0 amide bonds. The molecule has 7 nitrogen and oxygen atoms in total. The molecule has 0 unspecified atom stereocenters. The van der Waals surface area contributed by atoms with Gasteiger partial charge in [0, 0.05) is 18.8 Å². The Balaban J connectivity index is 1.79. The summed E-state index contributed by atoms with van der Waals surface area (Å²) in [6.45, 7) is 4.24. The van der Waals surface area contributed by atoms with Crippen molar-refractivity contribution in [2.75, 3.05) is 17.8 Å². The highest BCUT2D eigenvalue weighted by molar-refractivity contribution is 7.92. The molecule has 9 heteroatoms. The highest BCUT2D eigenvalue weighted by atomic mass is 32.2. The summed E-state index contributed by atoms with van der Waals surface area (Å²) in [5, 5.41) is 0. The van der Waals surface area contributed by atoms with Crippen LogP contribution in [0.2, 0.25) is 0 Å². The van der Waals surface area contributed by atoms with E-state index in [2.05, 4.69) is 4.72 Å². The lowest BCUT2D eigenvalue weighted by molar-refractivity contribution is -0.0440. The Kier molecular flexibility index (Phi) is 5.57. The number of morpholine rings is 1. The second-order valence-corrected chi connectivity index (χ2v) is 10.1. The molecule has 2 aromatic carbocycles. The number of anilines is 1. The first kappa shape index (κ1) is 19.8. The van der Waals surface area contributed by atoms with E-state index in [-0.39, 0.29) is 35.1 Å². The molecule has 1 heterocycles. The van der Waals surface area contributed by atoms with Crippen LogP contribution in [0.3, 0.4) is 0 Å². The van der Waals surface area contributed by atoms with Crippen LogP contribution < -0.4 is 4.72 Å². The van der Waals surface area contributed by atoms with E-state index in [1.807, 2.05) is 13.8 Å². The molecule has 0 aliphatic carbocycles. The SMILES string of the molecule is C[C@@H]1CN(S(=O)(=O)c2ccc(NS(=O)(=O)c3ccccc3)cc2)C[C@H](C)O1. The number of sulfonamides is 2. The standard InChI is InChI=1S/C18H22N2O5S2/c1-14-12-20(13-15(2)25-14)27(23,24)18-10-8-16(9-11-18)19-26(21,22)17-6-4-3-5-7-17/h3-11,14-15,19H,12-13H2,1-2H3/t14-,15+. The van der Waals surface area contributed by atoms with Crippen LogP contribution >= 0.6 is 0 Å². The summed E-state index contributed by atoms with van der Waals surface area (Å²) >= 11 is 0. The van der Waals surface area contributed by atoms with E-state index in [0.717, 1.165) is 0 Å². The second kappa shape index (κ2) is 7.59. The van der Waals surface area contributed by atoms with Gasteiger partial charge in [-0.05, 0) is 50.2 Å². The van der Waals surface area contributed by atoms with Crippen molar-refractivity contribution >= 4 is 25.7 Å². The van der Waals surface area contributed by atoms with Crippen LogP contribution in [0.4, 0.5) is 5.69 Å². The molecule has 146 valence electrons. The summed E-state index contributed by atoms with van der Waals surface area (Å²) < 4.78 is 59.8. The Labute approximate surface area is 160 Å². The van der Waals surface area contributed by atoms with Gasteiger partial charge < -0.3 is 4.74 Å². The minimum absolute atomic E-state index is 0.117. The summed E-state index contributed by atoms with van der Waals surface area (Å²) in [6, 6.07) is 13.7. The number of hydrogen-bond donors (Lipinski definition) is 1. The third-order valence-corrected chi connectivity index (χ3v) is 7.43. The van der Waals surface area contributed by atoms with Crippen molar-refractivity contribution in [3.63, 3.8) is 0 Å². The summed E-state index contributed by atoms with van der Waals surface area (Å²) in [5.41, 5.74) is 0.293. The lowest BCUT2D eigenvalue weighted by atomic mass is 10.3. The number of nitrogens with one attached hydrogen (secondary N) is 1. The predicted octanol–water partition coefficient (Wildman–Crippen LogP) is 2.29. The quantitative estimate of drug-likeness (QED) is 0.816. The van der Waals surface area contributed by atoms with Gasteiger partial charge in [-0.15, -0.1) is 0 Å². The zero-order valence-electron chi connectivity index (χ0n) is 15.1. The first-order valence-corrected chi connectivity index (χ1v) is 11.4. The summed E-state index contributed by atoms with van der Waals surface area (Å²) in [6.07, 6.45) is -0.360. The van der Waals surface area contributed by atoms with Crippen LogP contribution in [0, 0.1) is 0 Å². The molecule has 1 fully saturated rings. The summed E-state index contributed by atoms with van der Waals surface area (Å²) in [4.78, 5) is 0.254. The van der Waals surface area contributed by atoms with Crippen molar-refractivity contribution in [3.8, 4) is 0 Å². The van der Waals surface area contributed by atoms with E-state index >= 15 is 0 Å². The molecule has 0 aromatic heterocycles. The van der Waals surface area contributed by atoms with Crippen LogP contribution in [0.5, 0.6) is 0 Å². The monoisotopic (exact) mass is 410 g/mol. The van der Waals surface area contributed by atoms with Gasteiger partial charge in [0.15, 0.2) is 0 Å². The number of ether oxygens (including phenoxy) is 1. The van der Waals surface area contributed by atoms with Crippen LogP contribution in [-0.4, -0.2) is 46.4 Å². The Morgan fingerprint density at radius 1 is 0.852 bits per heavy atom. The van der Waals surface area contributed by atoms with E-state index in [0.29, 0.717) is 5.69 Å². The highest BCUT2D eigenvalue weighted by Gasteiger charge is 2.32. The van der Waals surface area contributed by atoms with E-state index in [1.165, 1.54) is 40.7 Å². The molecule has 1 N–H and O–H groups in total. The fourth-order valence-electron chi connectivity index (χ4n) is 2.98. The zero-order valence-corrected chi connectivity index (χ0v) is 16.7. The maximum absolute atomic E-state index is 12.8. The molecular formula is C18H22N2O5S2. The van der Waals surface area contributed by atoms with E-state index in [9.17, 15) is 16.8 Å². The van der Waals surface area contributed by atoms with Gasteiger partial charge in [-0.25, -0.2) is 16.8 Å². The normalized spacial score (nSPS) is 21.7. The molecule has 0 spiro atoms. The molecule has 0 bridgehead atoms. The van der Waals surface area contributed by atoms with Crippen LogP contribution in [0.15, 0.2) is 64.4 Å². The van der Waals surface area contributed by atoms with Crippen molar-refractivity contribution in [2.45, 2.75) is 35.8 Å². The van der Waals surface area contributed by atoms with Crippen molar-refractivity contribution in [2.24, 2.45) is 0 Å². The van der Waals surface area contributed by atoms with Gasteiger partial charge in [0.1, 0.15) is 0 Å². The molecule has 0 saturated carbocycles. The number of benzene rings is 2. The molecule has 1 aliphatic rings. The molecule has 2 aromatic rings. The minimum Gasteiger partial charge on any atom is -0.373 e. The Hall–Kier alpha value is -1.94. The smallest absolute Gasteiger partial charge is 0.261 e. The van der Waals surface area contributed by atoms with Gasteiger partial charge in [-0.1, -0.05) is 18.2 Å². The van der Waals surface area contributed by atoms with Gasteiger partial charge in [0.2, 0.25) is 10.0 Å². The Morgan fingerprint density at radius 2 is 1.41 bits per heavy atom. The third kappa shape index (κ3) is 4.49. The largest absolute Gasteiger partial charge is 0.373 e. The lowest BCUT2D eigenvalue weighted by Gasteiger charge is -2.34.